The quantitative estimate of drug-likeness (QED) is 0.179. The van der Waals surface area contributed by atoms with E-state index in [1.165, 1.54) is 21.7 Å². The number of aromatic nitrogens is 4. The van der Waals surface area contributed by atoms with Crippen LogP contribution in [-0.4, -0.2) is 19.1 Å². The van der Waals surface area contributed by atoms with Gasteiger partial charge in [0.1, 0.15) is 17.3 Å². The van der Waals surface area contributed by atoms with E-state index in [0.717, 1.165) is 67.3 Å². The standard InChI is InChI=1S/C46H30N4O/c1-3-12-31(13-4-1)32-25-27-48-44(29-32)50-42-24-23-41-45(37-18-7-8-20-40(37)49(41)34-15-5-2-6-16-34)46(42)38-22-21-36(30-43(38)50)51-35-17-11-14-33(28-35)39-19-9-10-26-47-39/h1-30H. The minimum atomic E-state index is 0.742. The first-order valence-electron chi connectivity index (χ1n) is 17.1. The molecule has 0 amide bonds. The van der Waals surface area contributed by atoms with Gasteiger partial charge in [-0.2, -0.15) is 0 Å². The van der Waals surface area contributed by atoms with Gasteiger partial charge in [-0.25, -0.2) is 4.98 Å². The highest BCUT2D eigenvalue weighted by atomic mass is 16.5. The van der Waals surface area contributed by atoms with Gasteiger partial charge in [-0.3, -0.25) is 9.55 Å². The van der Waals surface area contributed by atoms with Crippen molar-refractivity contribution in [2.24, 2.45) is 0 Å². The van der Waals surface area contributed by atoms with Crippen LogP contribution in [0.1, 0.15) is 0 Å². The number of fused-ring (bicyclic) bond motifs is 7. The molecule has 0 N–H and O–H groups in total. The Morgan fingerprint density at radius 3 is 1.92 bits per heavy atom. The number of hydrogen-bond donors (Lipinski definition) is 0. The van der Waals surface area contributed by atoms with Gasteiger partial charge in [0.2, 0.25) is 0 Å². The van der Waals surface area contributed by atoms with E-state index in [-0.39, 0.29) is 0 Å². The fourth-order valence-corrected chi connectivity index (χ4v) is 7.45. The lowest BCUT2D eigenvalue weighted by Crippen LogP contribution is -1.98. The summed E-state index contributed by atoms with van der Waals surface area (Å²) < 4.78 is 11.2. The first-order valence-corrected chi connectivity index (χ1v) is 17.1. The fourth-order valence-electron chi connectivity index (χ4n) is 7.45. The van der Waals surface area contributed by atoms with Crippen molar-refractivity contribution in [1.29, 1.82) is 0 Å². The molecule has 4 heterocycles. The van der Waals surface area contributed by atoms with Crippen molar-refractivity contribution < 1.29 is 4.74 Å². The number of para-hydroxylation sites is 2. The van der Waals surface area contributed by atoms with Gasteiger partial charge >= 0.3 is 0 Å². The molecule has 0 fully saturated rings. The average molecular weight is 655 g/mol. The van der Waals surface area contributed by atoms with Crippen molar-refractivity contribution in [2.75, 3.05) is 0 Å². The largest absolute Gasteiger partial charge is 0.457 e. The first kappa shape index (κ1) is 29.0. The third kappa shape index (κ3) is 4.86. The van der Waals surface area contributed by atoms with Crippen LogP contribution in [0, 0.1) is 0 Å². The van der Waals surface area contributed by atoms with Gasteiger partial charge in [0.25, 0.3) is 0 Å². The second-order valence-electron chi connectivity index (χ2n) is 12.7. The summed E-state index contributed by atoms with van der Waals surface area (Å²) in [4.78, 5) is 9.51. The minimum Gasteiger partial charge on any atom is -0.457 e. The zero-order valence-corrected chi connectivity index (χ0v) is 27.5. The van der Waals surface area contributed by atoms with Crippen LogP contribution in [0.5, 0.6) is 11.5 Å². The molecule has 0 saturated carbocycles. The number of rotatable bonds is 6. The monoisotopic (exact) mass is 654 g/mol. The molecule has 0 saturated heterocycles. The molecular formula is C46H30N4O. The third-order valence-electron chi connectivity index (χ3n) is 9.66. The van der Waals surface area contributed by atoms with E-state index in [1.807, 2.05) is 54.9 Å². The average Bonchev–Trinajstić information content (AvgIpc) is 3.71. The van der Waals surface area contributed by atoms with Gasteiger partial charge in [-0.05, 0) is 90.0 Å². The van der Waals surface area contributed by atoms with Gasteiger partial charge in [0, 0.05) is 51.3 Å². The molecule has 10 aromatic rings. The van der Waals surface area contributed by atoms with Crippen LogP contribution < -0.4 is 4.74 Å². The number of benzene rings is 6. The highest BCUT2D eigenvalue weighted by Gasteiger charge is 2.21. The van der Waals surface area contributed by atoms with Crippen molar-refractivity contribution in [3.63, 3.8) is 0 Å². The van der Waals surface area contributed by atoms with E-state index in [2.05, 4.69) is 142 Å². The first-order chi connectivity index (χ1) is 25.3. The summed E-state index contributed by atoms with van der Waals surface area (Å²) in [5.74, 6) is 2.33. The lowest BCUT2D eigenvalue weighted by Gasteiger charge is -2.11. The smallest absolute Gasteiger partial charge is 0.138 e. The summed E-state index contributed by atoms with van der Waals surface area (Å²) in [5, 5.41) is 4.74. The van der Waals surface area contributed by atoms with E-state index in [4.69, 9.17) is 9.72 Å². The number of hydrogen-bond acceptors (Lipinski definition) is 3. The summed E-state index contributed by atoms with van der Waals surface area (Å²) in [6.07, 6.45) is 3.71. The SMILES string of the molecule is c1ccc(-c2ccnc(-n3c4cc(Oc5cccc(-c6ccccn6)c5)ccc4c4c5c6ccccc6n(-c6ccccc6)c5ccc43)c2)cc1. The molecule has 51 heavy (non-hydrogen) atoms. The second kappa shape index (κ2) is 11.9. The van der Waals surface area contributed by atoms with Crippen molar-refractivity contribution in [1.82, 2.24) is 19.1 Å². The Hall–Kier alpha value is -6.98. The predicted molar refractivity (Wildman–Crippen MR) is 208 cm³/mol. The molecule has 0 aliphatic carbocycles. The van der Waals surface area contributed by atoms with Gasteiger partial charge in [-0.15, -0.1) is 0 Å². The molecule has 0 unspecified atom stereocenters. The highest BCUT2D eigenvalue weighted by molar-refractivity contribution is 6.29. The number of ether oxygens (including phenoxy) is 1. The van der Waals surface area contributed by atoms with Crippen LogP contribution in [0.2, 0.25) is 0 Å². The Balaban J connectivity index is 1.23. The number of nitrogens with zero attached hydrogens (tertiary/aromatic N) is 4. The Kier molecular flexibility index (Phi) is 6.74. The maximum atomic E-state index is 6.58. The highest BCUT2D eigenvalue weighted by Crippen LogP contribution is 2.43. The van der Waals surface area contributed by atoms with Gasteiger partial charge in [-0.1, -0.05) is 84.9 Å². The molecule has 0 aliphatic heterocycles. The van der Waals surface area contributed by atoms with Gasteiger partial charge in [0.05, 0.1) is 27.8 Å². The van der Waals surface area contributed by atoms with Crippen molar-refractivity contribution in [3.05, 3.63) is 182 Å². The van der Waals surface area contributed by atoms with Crippen LogP contribution >= 0.6 is 0 Å². The maximum Gasteiger partial charge on any atom is 0.138 e. The van der Waals surface area contributed by atoms with E-state index in [9.17, 15) is 0 Å². The molecule has 0 atom stereocenters. The summed E-state index contributed by atoms with van der Waals surface area (Å²) in [5.41, 5.74) is 9.72. The Morgan fingerprint density at radius 1 is 0.392 bits per heavy atom. The molecule has 0 spiro atoms. The van der Waals surface area contributed by atoms with Crippen LogP contribution in [0.25, 0.3) is 77.5 Å². The van der Waals surface area contributed by atoms with Gasteiger partial charge in [0.15, 0.2) is 0 Å². The molecule has 240 valence electrons. The molecule has 5 nitrogen and oxygen atoms in total. The van der Waals surface area contributed by atoms with Crippen molar-refractivity contribution in [3.8, 4) is 45.4 Å². The normalized spacial score (nSPS) is 11.5. The molecule has 0 bridgehead atoms. The molecule has 5 heteroatoms. The van der Waals surface area contributed by atoms with E-state index >= 15 is 0 Å². The van der Waals surface area contributed by atoms with E-state index < -0.39 is 0 Å². The summed E-state index contributed by atoms with van der Waals surface area (Å²) >= 11 is 0. The minimum absolute atomic E-state index is 0.742. The topological polar surface area (TPSA) is 44.9 Å². The molecule has 10 rings (SSSR count). The Labute approximate surface area is 294 Å². The van der Waals surface area contributed by atoms with E-state index in [0.29, 0.717) is 0 Å². The lowest BCUT2D eigenvalue weighted by atomic mass is 10.1. The van der Waals surface area contributed by atoms with Gasteiger partial charge < -0.3 is 9.30 Å². The Bertz CT molecular complexity index is 2870. The molecule has 6 aromatic carbocycles. The third-order valence-corrected chi connectivity index (χ3v) is 9.66. The summed E-state index contributed by atoms with van der Waals surface area (Å²) in [6, 6.07) is 58.9. The zero-order chi connectivity index (χ0) is 33.7. The molecule has 4 aromatic heterocycles. The summed E-state index contributed by atoms with van der Waals surface area (Å²) in [7, 11) is 0. The van der Waals surface area contributed by atoms with Crippen molar-refractivity contribution >= 4 is 43.6 Å². The van der Waals surface area contributed by atoms with Crippen LogP contribution in [0.15, 0.2) is 182 Å². The Morgan fingerprint density at radius 2 is 1.10 bits per heavy atom. The lowest BCUT2D eigenvalue weighted by molar-refractivity contribution is 0.483. The second-order valence-corrected chi connectivity index (χ2v) is 12.7. The predicted octanol–water partition coefficient (Wildman–Crippen LogP) is 11.8. The van der Waals surface area contributed by atoms with Crippen LogP contribution in [0.4, 0.5) is 0 Å². The number of pyridine rings is 2. The summed E-state index contributed by atoms with van der Waals surface area (Å²) in [6.45, 7) is 0. The van der Waals surface area contributed by atoms with E-state index in [1.54, 1.807) is 0 Å². The van der Waals surface area contributed by atoms with Crippen LogP contribution in [-0.2, 0) is 0 Å². The van der Waals surface area contributed by atoms with Crippen molar-refractivity contribution in [2.45, 2.75) is 0 Å². The maximum absolute atomic E-state index is 6.58. The fraction of sp³-hybridized carbons (Fsp3) is 0. The van der Waals surface area contributed by atoms with Crippen LogP contribution in [0.3, 0.4) is 0 Å². The molecular weight excluding hydrogens is 625 g/mol. The molecule has 0 radical (unpaired) electrons. The zero-order valence-electron chi connectivity index (χ0n) is 27.5. The molecule has 0 aliphatic rings.